The van der Waals surface area contributed by atoms with Crippen molar-refractivity contribution in [3.63, 3.8) is 0 Å². The van der Waals surface area contributed by atoms with Crippen LogP contribution in [0.5, 0.6) is 0 Å². The lowest BCUT2D eigenvalue weighted by atomic mass is 10.0. The van der Waals surface area contributed by atoms with Crippen molar-refractivity contribution in [1.82, 2.24) is 0 Å². The first-order valence-corrected chi connectivity index (χ1v) is 7.19. The third kappa shape index (κ3) is 2.69. The molecule has 0 fully saturated rings. The molecule has 0 heterocycles. The van der Waals surface area contributed by atoms with Crippen LogP contribution < -0.4 is 5.19 Å². The molecule has 0 bridgehead atoms. The molecule has 2 aromatic rings. The molecular weight excluding hydrogens is 240 g/mol. The molecule has 0 aliphatic rings. The van der Waals surface area contributed by atoms with Gasteiger partial charge in [0.1, 0.15) is 0 Å². The molecule has 93 valence electrons. The summed E-state index contributed by atoms with van der Waals surface area (Å²) in [6, 6.07) is 16.8. The zero-order valence-electron chi connectivity index (χ0n) is 10.9. The maximum absolute atomic E-state index is 5.45. The van der Waals surface area contributed by atoms with Crippen molar-refractivity contribution < 1.29 is 8.85 Å². The van der Waals surface area contributed by atoms with Crippen molar-refractivity contribution in [2.45, 2.75) is 6.92 Å². The molecule has 1 radical (unpaired) electrons. The average Bonchev–Trinajstić information content (AvgIpc) is 2.42. The highest BCUT2D eigenvalue weighted by Gasteiger charge is 2.19. The summed E-state index contributed by atoms with van der Waals surface area (Å²) in [5, 5.41) is 1.15. The SMILES string of the molecule is CO[Si](OC)c1ccccc1-c1ccc(C)cc1. The van der Waals surface area contributed by atoms with Crippen LogP contribution in [0, 0.1) is 6.92 Å². The van der Waals surface area contributed by atoms with Gasteiger partial charge < -0.3 is 8.85 Å². The summed E-state index contributed by atoms with van der Waals surface area (Å²) in [7, 11) is 2.01. The molecule has 2 nitrogen and oxygen atoms in total. The lowest BCUT2D eigenvalue weighted by molar-refractivity contribution is 0.292. The molecule has 0 atom stereocenters. The summed E-state index contributed by atoms with van der Waals surface area (Å²) in [5.41, 5.74) is 3.66. The third-order valence-corrected chi connectivity index (χ3v) is 4.50. The van der Waals surface area contributed by atoms with Gasteiger partial charge in [0.2, 0.25) is 0 Å². The van der Waals surface area contributed by atoms with Gasteiger partial charge in [-0.25, -0.2) is 0 Å². The molecule has 0 aliphatic carbocycles. The third-order valence-electron chi connectivity index (χ3n) is 2.88. The number of rotatable bonds is 4. The summed E-state index contributed by atoms with van der Waals surface area (Å²) >= 11 is 0. The van der Waals surface area contributed by atoms with E-state index >= 15 is 0 Å². The van der Waals surface area contributed by atoms with Crippen LogP contribution in [-0.4, -0.2) is 23.5 Å². The number of aryl methyl sites for hydroxylation is 1. The lowest BCUT2D eigenvalue weighted by Gasteiger charge is -2.14. The quantitative estimate of drug-likeness (QED) is 0.784. The van der Waals surface area contributed by atoms with Crippen molar-refractivity contribution in [1.29, 1.82) is 0 Å². The highest BCUT2D eigenvalue weighted by Crippen LogP contribution is 2.18. The van der Waals surface area contributed by atoms with E-state index in [0.29, 0.717) is 0 Å². The van der Waals surface area contributed by atoms with Gasteiger partial charge in [0.25, 0.3) is 0 Å². The van der Waals surface area contributed by atoms with E-state index < -0.39 is 9.28 Å². The van der Waals surface area contributed by atoms with E-state index in [1.54, 1.807) is 14.2 Å². The fourth-order valence-corrected chi connectivity index (χ4v) is 3.24. The maximum Gasteiger partial charge on any atom is 0.423 e. The minimum Gasteiger partial charge on any atom is -0.393 e. The Morgan fingerprint density at radius 1 is 0.833 bits per heavy atom. The van der Waals surface area contributed by atoms with Crippen molar-refractivity contribution in [2.24, 2.45) is 0 Å². The second kappa shape index (κ2) is 5.95. The monoisotopic (exact) mass is 257 g/mol. The van der Waals surface area contributed by atoms with Crippen LogP contribution in [0.25, 0.3) is 11.1 Å². The van der Waals surface area contributed by atoms with E-state index in [4.69, 9.17) is 8.85 Å². The molecule has 2 rings (SSSR count). The Hall–Kier alpha value is -1.42. The fourth-order valence-electron chi connectivity index (χ4n) is 1.95. The first kappa shape index (κ1) is 13.0. The summed E-state index contributed by atoms with van der Waals surface area (Å²) in [6.07, 6.45) is 0. The lowest BCUT2D eigenvalue weighted by Crippen LogP contribution is -2.36. The Morgan fingerprint density at radius 3 is 2.06 bits per heavy atom. The minimum atomic E-state index is -1.39. The van der Waals surface area contributed by atoms with Gasteiger partial charge in [0, 0.05) is 19.4 Å². The predicted molar refractivity (Wildman–Crippen MR) is 76.0 cm³/mol. The molecule has 0 saturated carbocycles. The van der Waals surface area contributed by atoms with E-state index in [1.807, 2.05) is 12.1 Å². The molecule has 0 saturated heterocycles. The molecule has 0 amide bonds. The second-order valence-electron chi connectivity index (χ2n) is 4.11. The predicted octanol–water partition coefficient (Wildman–Crippen LogP) is 2.65. The molecule has 18 heavy (non-hydrogen) atoms. The zero-order chi connectivity index (χ0) is 13.0. The average molecular weight is 257 g/mol. The Labute approximate surface area is 110 Å². The molecule has 3 heteroatoms. The van der Waals surface area contributed by atoms with Gasteiger partial charge in [-0.1, -0.05) is 54.1 Å². The minimum absolute atomic E-state index is 1.15. The summed E-state index contributed by atoms with van der Waals surface area (Å²) in [4.78, 5) is 0. The van der Waals surface area contributed by atoms with Crippen LogP contribution in [-0.2, 0) is 8.85 Å². The maximum atomic E-state index is 5.45. The zero-order valence-corrected chi connectivity index (χ0v) is 11.9. The number of hydrogen-bond acceptors (Lipinski definition) is 2. The Bertz CT molecular complexity index is 504. The first-order chi connectivity index (χ1) is 8.76. The largest absolute Gasteiger partial charge is 0.423 e. The van der Waals surface area contributed by atoms with Crippen LogP contribution in [0.3, 0.4) is 0 Å². The smallest absolute Gasteiger partial charge is 0.393 e. The molecule has 0 spiro atoms. The topological polar surface area (TPSA) is 18.5 Å². The summed E-state index contributed by atoms with van der Waals surface area (Å²) in [6.45, 7) is 2.09. The molecule has 0 aliphatic heterocycles. The van der Waals surface area contributed by atoms with Gasteiger partial charge in [-0.3, -0.25) is 0 Å². The van der Waals surface area contributed by atoms with Crippen LogP contribution in [0.15, 0.2) is 48.5 Å². The van der Waals surface area contributed by atoms with E-state index in [0.717, 1.165) is 5.19 Å². The van der Waals surface area contributed by atoms with Crippen molar-refractivity contribution >= 4 is 14.5 Å². The van der Waals surface area contributed by atoms with E-state index in [2.05, 4.69) is 43.3 Å². The van der Waals surface area contributed by atoms with Crippen LogP contribution >= 0.6 is 0 Å². The Kier molecular flexibility index (Phi) is 4.31. The van der Waals surface area contributed by atoms with Crippen molar-refractivity contribution in [3.8, 4) is 11.1 Å². The molecule has 2 aromatic carbocycles. The number of hydrogen-bond donors (Lipinski definition) is 0. The fraction of sp³-hybridized carbons (Fsp3) is 0.200. The van der Waals surface area contributed by atoms with Crippen LogP contribution in [0.1, 0.15) is 5.56 Å². The first-order valence-electron chi connectivity index (χ1n) is 5.87. The molecule has 0 unspecified atom stereocenters. The standard InChI is InChI=1S/C15H17O2Si/c1-12-8-10-13(11-9-12)14-6-4-5-7-15(14)18(16-2)17-3/h4-11H,1-3H3. The summed E-state index contributed by atoms with van der Waals surface area (Å²) in [5.74, 6) is 0. The highest BCUT2D eigenvalue weighted by atomic mass is 28.3. The van der Waals surface area contributed by atoms with Gasteiger partial charge in [-0.2, -0.15) is 0 Å². The summed E-state index contributed by atoms with van der Waals surface area (Å²) < 4.78 is 10.9. The van der Waals surface area contributed by atoms with Gasteiger partial charge in [-0.05, 0) is 18.1 Å². The van der Waals surface area contributed by atoms with E-state index in [1.165, 1.54) is 16.7 Å². The molecule has 0 N–H and O–H groups in total. The number of benzene rings is 2. The normalized spacial score (nSPS) is 10.9. The van der Waals surface area contributed by atoms with E-state index in [9.17, 15) is 0 Å². The molecular formula is C15H17O2Si. The van der Waals surface area contributed by atoms with Crippen molar-refractivity contribution in [2.75, 3.05) is 14.2 Å². The molecule has 0 aromatic heterocycles. The van der Waals surface area contributed by atoms with Gasteiger partial charge in [0.05, 0.1) is 0 Å². The van der Waals surface area contributed by atoms with Gasteiger partial charge >= 0.3 is 9.28 Å². The Balaban J connectivity index is 2.47. The van der Waals surface area contributed by atoms with Gasteiger partial charge in [0.15, 0.2) is 0 Å². The highest BCUT2D eigenvalue weighted by molar-refractivity contribution is 6.63. The van der Waals surface area contributed by atoms with E-state index in [-0.39, 0.29) is 0 Å². The van der Waals surface area contributed by atoms with Crippen LogP contribution in [0.4, 0.5) is 0 Å². The Morgan fingerprint density at radius 2 is 1.44 bits per heavy atom. The second-order valence-corrected chi connectivity index (χ2v) is 6.04. The van der Waals surface area contributed by atoms with Crippen molar-refractivity contribution in [3.05, 3.63) is 54.1 Å². The van der Waals surface area contributed by atoms with Gasteiger partial charge in [-0.15, -0.1) is 0 Å². The van der Waals surface area contributed by atoms with Crippen LogP contribution in [0.2, 0.25) is 0 Å².